The molecule has 0 saturated heterocycles. The molecule has 70 valence electrons. The van der Waals surface area contributed by atoms with Gasteiger partial charge in [-0.2, -0.15) is 5.10 Å². The van der Waals surface area contributed by atoms with E-state index in [1.54, 1.807) is 6.08 Å². The molecule has 0 fully saturated rings. The van der Waals surface area contributed by atoms with Crippen LogP contribution in [0.25, 0.3) is 6.08 Å². The molecule has 2 aromatic rings. The van der Waals surface area contributed by atoms with Crippen LogP contribution in [-0.2, 0) is 6.54 Å². The third-order valence-electron chi connectivity index (χ3n) is 2.06. The molecule has 0 aliphatic heterocycles. The fourth-order valence-electron chi connectivity index (χ4n) is 1.34. The van der Waals surface area contributed by atoms with Crippen LogP contribution in [0.5, 0.6) is 0 Å². The highest BCUT2D eigenvalue weighted by Crippen LogP contribution is 2.03. The minimum atomic E-state index is 0.814. The van der Waals surface area contributed by atoms with Gasteiger partial charge in [0.15, 0.2) is 0 Å². The van der Waals surface area contributed by atoms with E-state index < -0.39 is 0 Å². The number of hydrogen-bond acceptors (Lipinski definition) is 1. The highest BCUT2D eigenvalue weighted by Gasteiger charge is 1.95. The number of rotatable bonds is 3. The second kappa shape index (κ2) is 3.92. The van der Waals surface area contributed by atoms with Crippen molar-refractivity contribution in [3.8, 4) is 0 Å². The smallest absolute Gasteiger partial charge is 0.0845 e. The summed E-state index contributed by atoms with van der Waals surface area (Å²) in [6.45, 7) is 4.49. The molecule has 0 atom stereocenters. The Balaban J connectivity index is 2.15. The van der Waals surface area contributed by atoms with Crippen molar-refractivity contribution in [2.45, 2.75) is 6.54 Å². The highest BCUT2D eigenvalue weighted by atomic mass is 15.3. The lowest BCUT2D eigenvalue weighted by molar-refractivity contribution is 0.685. The van der Waals surface area contributed by atoms with Crippen molar-refractivity contribution in [3.63, 3.8) is 0 Å². The van der Waals surface area contributed by atoms with Crippen LogP contribution in [0.2, 0.25) is 0 Å². The van der Waals surface area contributed by atoms with Gasteiger partial charge in [0.2, 0.25) is 0 Å². The number of benzene rings is 1. The van der Waals surface area contributed by atoms with Gasteiger partial charge >= 0.3 is 0 Å². The zero-order valence-electron chi connectivity index (χ0n) is 7.93. The van der Waals surface area contributed by atoms with Crippen molar-refractivity contribution >= 4 is 6.08 Å². The molecule has 0 aliphatic rings. The summed E-state index contributed by atoms with van der Waals surface area (Å²) >= 11 is 0. The third-order valence-corrected chi connectivity index (χ3v) is 2.06. The van der Waals surface area contributed by atoms with Crippen LogP contribution in [0.1, 0.15) is 11.3 Å². The first-order chi connectivity index (χ1) is 6.88. The predicted molar refractivity (Wildman–Crippen MR) is 57.9 cm³/mol. The molecule has 0 N–H and O–H groups in total. The Bertz CT molecular complexity index is 415. The van der Waals surface area contributed by atoms with Crippen molar-refractivity contribution in [3.05, 3.63) is 60.4 Å². The molecular weight excluding hydrogens is 172 g/mol. The first-order valence-electron chi connectivity index (χ1n) is 4.58. The maximum atomic E-state index is 4.32. The van der Waals surface area contributed by atoms with Gasteiger partial charge in [-0.25, -0.2) is 0 Å². The third kappa shape index (κ3) is 1.91. The van der Waals surface area contributed by atoms with Crippen LogP contribution < -0.4 is 0 Å². The maximum Gasteiger partial charge on any atom is 0.0845 e. The van der Waals surface area contributed by atoms with E-state index in [0.29, 0.717) is 0 Å². The predicted octanol–water partition coefficient (Wildman–Crippen LogP) is 2.57. The lowest BCUT2D eigenvalue weighted by Crippen LogP contribution is -1.99. The molecule has 0 bridgehead atoms. The van der Waals surface area contributed by atoms with Crippen molar-refractivity contribution in [1.82, 2.24) is 9.78 Å². The molecule has 1 aromatic carbocycles. The molecule has 0 amide bonds. The molecule has 0 spiro atoms. The molecule has 2 rings (SSSR count). The van der Waals surface area contributed by atoms with E-state index in [2.05, 4.69) is 23.8 Å². The van der Waals surface area contributed by atoms with Crippen molar-refractivity contribution < 1.29 is 0 Å². The minimum absolute atomic E-state index is 0.814. The fraction of sp³-hybridized carbons (Fsp3) is 0.0833. The van der Waals surface area contributed by atoms with E-state index in [9.17, 15) is 0 Å². The van der Waals surface area contributed by atoms with E-state index in [1.807, 2.05) is 35.1 Å². The number of hydrogen-bond donors (Lipinski definition) is 0. The molecule has 0 radical (unpaired) electrons. The number of nitrogens with zero attached hydrogens (tertiary/aromatic N) is 2. The van der Waals surface area contributed by atoms with Gasteiger partial charge in [-0.15, -0.1) is 0 Å². The standard InChI is InChI=1S/C12H12N2/c1-2-12-8-9-14(13-12)10-11-6-4-3-5-7-11/h2-9H,1,10H2. The van der Waals surface area contributed by atoms with Gasteiger partial charge in [0.1, 0.15) is 0 Å². The van der Waals surface area contributed by atoms with Gasteiger partial charge in [0, 0.05) is 6.20 Å². The van der Waals surface area contributed by atoms with E-state index in [1.165, 1.54) is 5.56 Å². The monoisotopic (exact) mass is 184 g/mol. The van der Waals surface area contributed by atoms with Gasteiger partial charge in [-0.1, -0.05) is 36.9 Å². The summed E-state index contributed by atoms with van der Waals surface area (Å²) in [6.07, 6.45) is 3.71. The number of aromatic nitrogens is 2. The van der Waals surface area contributed by atoms with E-state index in [0.717, 1.165) is 12.2 Å². The van der Waals surface area contributed by atoms with Crippen LogP contribution >= 0.6 is 0 Å². The average Bonchev–Trinajstić information content (AvgIpc) is 2.67. The summed E-state index contributed by atoms with van der Waals surface area (Å²) in [5.41, 5.74) is 2.17. The lowest BCUT2D eigenvalue weighted by atomic mass is 10.2. The molecule has 0 aliphatic carbocycles. The summed E-state index contributed by atoms with van der Waals surface area (Å²) in [4.78, 5) is 0. The van der Waals surface area contributed by atoms with E-state index >= 15 is 0 Å². The molecule has 14 heavy (non-hydrogen) atoms. The van der Waals surface area contributed by atoms with Gasteiger partial charge < -0.3 is 0 Å². The van der Waals surface area contributed by atoms with Crippen molar-refractivity contribution in [2.75, 3.05) is 0 Å². The molecule has 1 aromatic heterocycles. The topological polar surface area (TPSA) is 17.8 Å². The Hall–Kier alpha value is -1.83. The van der Waals surface area contributed by atoms with Crippen LogP contribution in [0.15, 0.2) is 49.2 Å². The van der Waals surface area contributed by atoms with E-state index in [4.69, 9.17) is 0 Å². The Morgan fingerprint density at radius 1 is 1.21 bits per heavy atom. The van der Waals surface area contributed by atoms with Gasteiger partial charge in [0.25, 0.3) is 0 Å². The van der Waals surface area contributed by atoms with E-state index in [-0.39, 0.29) is 0 Å². The Labute approximate surface area is 83.5 Å². The first kappa shape index (κ1) is 8.75. The van der Waals surface area contributed by atoms with Crippen molar-refractivity contribution in [1.29, 1.82) is 0 Å². The quantitative estimate of drug-likeness (QED) is 0.716. The first-order valence-corrected chi connectivity index (χ1v) is 4.58. The normalized spacial score (nSPS) is 10.0. The lowest BCUT2D eigenvalue weighted by Gasteiger charge is -2.00. The Morgan fingerprint density at radius 2 is 2.00 bits per heavy atom. The summed E-state index contributed by atoms with van der Waals surface area (Å²) in [7, 11) is 0. The van der Waals surface area contributed by atoms with Crippen molar-refractivity contribution in [2.24, 2.45) is 0 Å². The van der Waals surface area contributed by atoms with Gasteiger partial charge in [0.05, 0.1) is 12.2 Å². The van der Waals surface area contributed by atoms with Crippen LogP contribution in [0.4, 0.5) is 0 Å². The zero-order chi connectivity index (χ0) is 9.80. The summed E-state index contributed by atoms with van der Waals surface area (Å²) in [6, 6.07) is 12.2. The second-order valence-corrected chi connectivity index (χ2v) is 3.13. The zero-order valence-corrected chi connectivity index (χ0v) is 7.93. The van der Waals surface area contributed by atoms with Crippen LogP contribution in [-0.4, -0.2) is 9.78 Å². The van der Waals surface area contributed by atoms with Gasteiger partial charge in [-0.3, -0.25) is 4.68 Å². The van der Waals surface area contributed by atoms with Gasteiger partial charge in [-0.05, 0) is 17.7 Å². The molecule has 0 unspecified atom stereocenters. The average molecular weight is 184 g/mol. The SMILES string of the molecule is C=Cc1ccn(Cc2ccccc2)n1. The molecule has 1 heterocycles. The minimum Gasteiger partial charge on any atom is -0.268 e. The largest absolute Gasteiger partial charge is 0.268 e. The van der Waals surface area contributed by atoms with Crippen LogP contribution in [0.3, 0.4) is 0 Å². The molecule has 2 nitrogen and oxygen atoms in total. The highest BCUT2D eigenvalue weighted by molar-refractivity contribution is 5.39. The summed E-state index contributed by atoms with van der Waals surface area (Å²) in [5.74, 6) is 0. The van der Waals surface area contributed by atoms with Crippen LogP contribution in [0, 0.1) is 0 Å². The maximum absolute atomic E-state index is 4.32. The second-order valence-electron chi connectivity index (χ2n) is 3.13. The summed E-state index contributed by atoms with van der Waals surface area (Å²) in [5, 5.41) is 4.32. The Morgan fingerprint density at radius 3 is 2.64 bits per heavy atom. The fourth-order valence-corrected chi connectivity index (χ4v) is 1.34. The molecule has 0 saturated carbocycles. The molecule has 2 heteroatoms. The summed E-state index contributed by atoms with van der Waals surface area (Å²) < 4.78 is 1.91. The Kier molecular flexibility index (Phi) is 2.45. The molecular formula is C12H12N2.